The van der Waals surface area contributed by atoms with Crippen molar-refractivity contribution in [2.45, 2.75) is 46.5 Å². The predicted molar refractivity (Wildman–Crippen MR) is 89.8 cm³/mol. The second-order valence-electron chi connectivity index (χ2n) is 5.61. The van der Waals surface area contributed by atoms with Gasteiger partial charge < -0.3 is 9.47 Å². The molecule has 0 aromatic carbocycles. The van der Waals surface area contributed by atoms with E-state index in [1.54, 1.807) is 0 Å². The molecule has 0 atom stereocenters. The highest BCUT2D eigenvalue weighted by Gasteiger charge is 2.14. The molecule has 1 aliphatic rings. The summed E-state index contributed by atoms with van der Waals surface area (Å²) < 4.78 is 2.10. The molecule has 0 saturated heterocycles. The SMILES string of the molecule is CC=C(CCC)N(C)C1=C(CC)CC=c2ncn(C)c2=C1. The molecule has 0 bridgehead atoms. The average Bonchev–Trinajstić information content (AvgIpc) is 2.73. The minimum absolute atomic E-state index is 0.986. The summed E-state index contributed by atoms with van der Waals surface area (Å²) in [4.78, 5) is 6.86. The van der Waals surface area contributed by atoms with Crippen LogP contribution in [0, 0.1) is 0 Å². The number of hydrogen-bond donors (Lipinski definition) is 0. The van der Waals surface area contributed by atoms with Crippen molar-refractivity contribution in [2.24, 2.45) is 7.05 Å². The Kier molecular flexibility index (Phi) is 5.05. The molecule has 0 N–H and O–H groups in total. The molecule has 0 saturated carbocycles. The van der Waals surface area contributed by atoms with Crippen LogP contribution in [-0.2, 0) is 7.05 Å². The Labute approximate surface area is 128 Å². The quantitative estimate of drug-likeness (QED) is 0.829. The largest absolute Gasteiger partial charge is 0.348 e. The highest BCUT2D eigenvalue weighted by atomic mass is 15.1. The van der Waals surface area contributed by atoms with Gasteiger partial charge in [0.05, 0.1) is 17.0 Å². The van der Waals surface area contributed by atoms with Crippen LogP contribution >= 0.6 is 0 Å². The van der Waals surface area contributed by atoms with Gasteiger partial charge in [0.15, 0.2) is 0 Å². The fourth-order valence-corrected chi connectivity index (χ4v) is 2.92. The molecule has 0 radical (unpaired) electrons. The van der Waals surface area contributed by atoms with Crippen molar-refractivity contribution >= 4 is 12.2 Å². The molecule has 2 rings (SSSR count). The maximum Gasteiger partial charge on any atom is 0.0955 e. The van der Waals surface area contributed by atoms with E-state index in [2.05, 4.69) is 67.5 Å². The first-order valence-corrected chi connectivity index (χ1v) is 7.92. The van der Waals surface area contributed by atoms with Gasteiger partial charge >= 0.3 is 0 Å². The molecule has 3 nitrogen and oxygen atoms in total. The molecule has 114 valence electrons. The molecule has 21 heavy (non-hydrogen) atoms. The molecule has 1 aromatic rings. The number of aryl methyl sites for hydroxylation is 1. The van der Waals surface area contributed by atoms with E-state index in [4.69, 9.17) is 0 Å². The Morgan fingerprint density at radius 2 is 2.19 bits per heavy atom. The number of hydrogen-bond acceptors (Lipinski definition) is 2. The van der Waals surface area contributed by atoms with Crippen LogP contribution in [0.15, 0.2) is 29.4 Å². The summed E-state index contributed by atoms with van der Waals surface area (Å²) in [5, 5.41) is 2.30. The van der Waals surface area contributed by atoms with E-state index in [1.165, 1.54) is 28.7 Å². The molecule has 0 aliphatic heterocycles. The molecule has 1 aliphatic carbocycles. The van der Waals surface area contributed by atoms with E-state index >= 15 is 0 Å². The summed E-state index contributed by atoms with van der Waals surface area (Å²) in [6, 6.07) is 0. The van der Waals surface area contributed by atoms with Crippen LogP contribution < -0.4 is 10.7 Å². The second-order valence-corrected chi connectivity index (χ2v) is 5.61. The van der Waals surface area contributed by atoms with Crippen molar-refractivity contribution in [2.75, 3.05) is 7.05 Å². The average molecular weight is 285 g/mol. The zero-order valence-corrected chi connectivity index (χ0v) is 14.0. The summed E-state index contributed by atoms with van der Waals surface area (Å²) >= 11 is 0. The van der Waals surface area contributed by atoms with Gasteiger partial charge in [-0.15, -0.1) is 0 Å². The lowest BCUT2D eigenvalue weighted by molar-refractivity contribution is 0.502. The van der Waals surface area contributed by atoms with Crippen LogP contribution in [0.4, 0.5) is 0 Å². The zero-order valence-electron chi connectivity index (χ0n) is 14.0. The number of imidazole rings is 1. The number of rotatable bonds is 5. The van der Waals surface area contributed by atoms with E-state index in [0.717, 1.165) is 24.6 Å². The van der Waals surface area contributed by atoms with Gasteiger partial charge in [-0.2, -0.15) is 0 Å². The first kappa shape index (κ1) is 15.6. The summed E-state index contributed by atoms with van der Waals surface area (Å²) in [6.45, 7) is 6.60. The van der Waals surface area contributed by atoms with E-state index < -0.39 is 0 Å². The molecular formula is C18H27N3. The first-order valence-electron chi connectivity index (χ1n) is 7.92. The third-order valence-electron chi connectivity index (χ3n) is 4.25. The number of fused-ring (bicyclic) bond motifs is 1. The molecule has 0 spiro atoms. The van der Waals surface area contributed by atoms with Crippen LogP contribution in [0.1, 0.15) is 46.5 Å². The Morgan fingerprint density at radius 1 is 1.43 bits per heavy atom. The number of aromatic nitrogens is 2. The molecule has 1 heterocycles. The first-order chi connectivity index (χ1) is 10.1. The second kappa shape index (κ2) is 6.79. The van der Waals surface area contributed by atoms with E-state index in [-0.39, 0.29) is 0 Å². The highest BCUT2D eigenvalue weighted by molar-refractivity contribution is 5.53. The molecule has 0 amide bonds. The fourth-order valence-electron chi connectivity index (χ4n) is 2.92. The normalized spacial score (nSPS) is 15.2. The van der Waals surface area contributed by atoms with E-state index in [1.807, 2.05) is 6.33 Å². The number of allylic oxidation sites excluding steroid dienone is 4. The third-order valence-corrected chi connectivity index (χ3v) is 4.25. The van der Waals surface area contributed by atoms with Gasteiger partial charge in [-0.1, -0.05) is 32.4 Å². The lowest BCUT2D eigenvalue weighted by Crippen LogP contribution is -2.29. The van der Waals surface area contributed by atoms with Crippen molar-refractivity contribution < 1.29 is 0 Å². The zero-order chi connectivity index (χ0) is 15.4. The van der Waals surface area contributed by atoms with Crippen LogP contribution in [0.25, 0.3) is 12.2 Å². The monoisotopic (exact) mass is 285 g/mol. The Balaban J connectivity index is 2.54. The summed E-state index contributed by atoms with van der Waals surface area (Å²) in [5.41, 5.74) is 4.20. The van der Waals surface area contributed by atoms with Crippen LogP contribution in [0.5, 0.6) is 0 Å². The Bertz CT molecular complexity index is 674. The lowest BCUT2D eigenvalue weighted by atomic mass is 10.1. The summed E-state index contributed by atoms with van der Waals surface area (Å²) in [6.07, 6.45) is 13.0. The van der Waals surface area contributed by atoms with Gasteiger partial charge in [0.25, 0.3) is 0 Å². The van der Waals surface area contributed by atoms with Gasteiger partial charge in [-0.25, -0.2) is 4.98 Å². The minimum atomic E-state index is 0.986. The van der Waals surface area contributed by atoms with Crippen molar-refractivity contribution in [3.63, 3.8) is 0 Å². The van der Waals surface area contributed by atoms with E-state index in [9.17, 15) is 0 Å². The van der Waals surface area contributed by atoms with E-state index in [0.29, 0.717) is 0 Å². The topological polar surface area (TPSA) is 21.1 Å². The lowest BCUT2D eigenvalue weighted by Gasteiger charge is -2.26. The predicted octanol–water partition coefficient (Wildman–Crippen LogP) is 2.68. The van der Waals surface area contributed by atoms with Crippen molar-refractivity contribution in [1.82, 2.24) is 14.5 Å². The molecule has 0 unspecified atom stereocenters. The van der Waals surface area contributed by atoms with Crippen molar-refractivity contribution in [1.29, 1.82) is 0 Å². The molecule has 0 fully saturated rings. The van der Waals surface area contributed by atoms with Gasteiger partial charge in [0.1, 0.15) is 0 Å². The summed E-state index contributed by atoms with van der Waals surface area (Å²) in [7, 11) is 4.25. The molecule has 1 aromatic heterocycles. The molecule has 3 heteroatoms. The fraction of sp³-hybridized carbons (Fsp3) is 0.500. The van der Waals surface area contributed by atoms with Gasteiger partial charge in [0.2, 0.25) is 0 Å². The maximum absolute atomic E-state index is 4.50. The Morgan fingerprint density at radius 3 is 2.81 bits per heavy atom. The third kappa shape index (κ3) is 3.12. The van der Waals surface area contributed by atoms with Crippen LogP contribution in [0.3, 0.4) is 0 Å². The van der Waals surface area contributed by atoms with Crippen LogP contribution in [0.2, 0.25) is 0 Å². The van der Waals surface area contributed by atoms with Gasteiger partial charge in [-0.05, 0) is 37.8 Å². The van der Waals surface area contributed by atoms with Gasteiger partial charge in [0, 0.05) is 25.5 Å². The smallest absolute Gasteiger partial charge is 0.0955 e. The van der Waals surface area contributed by atoms with Gasteiger partial charge in [-0.3, -0.25) is 0 Å². The minimum Gasteiger partial charge on any atom is -0.348 e. The maximum atomic E-state index is 4.50. The van der Waals surface area contributed by atoms with Crippen molar-refractivity contribution in [3.05, 3.63) is 40.1 Å². The standard InChI is InChI=1S/C18H27N3/c1-6-9-15(8-3)21(5)17-12-18-16(19-13-20(18)4)11-10-14(17)7-2/h8,11-13H,6-7,9-10H2,1-5H3. The molecular weight excluding hydrogens is 258 g/mol. The Hall–Kier alpha value is -1.77. The number of nitrogens with zero attached hydrogens (tertiary/aromatic N) is 3. The summed E-state index contributed by atoms with van der Waals surface area (Å²) in [5.74, 6) is 0. The van der Waals surface area contributed by atoms with Crippen molar-refractivity contribution in [3.8, 4) is 0 Å². The van der Waals surface area contributed by atoms with Crippen LogP contribution in [-0.4, -0.2) is 21.5 Å². The highest BCUT2D eigenvalue weighted by Crippen LogP contribution is 2.24.